The second-order valence-corrected chi connectivity index (χ2v) is 10.1. The van der Waals surface area contributed by atoms with Crippen molar-refractivity contribution in [3.63, 3.8) is 0 Å². The van der Waals surface area contributed by atoms with E-state index in [-0.39, 0.29) is 6.03 Å². The molecule has 1 aliphatic heterocycles. The zero-order valence-electron chi connectivity index (χ0n) is 20.0. The average Bonchev–Trinajstić information content (AvgIpc) is 3.23. The predicted molar refractivity (Wildman–Crippen MR) is 146 cm³/mol. The van der Waals surface area contributed by atoms with Gasteiger partial charge in [0.1, 0.15) is 21.3 Å². The number of halogens is 4. The molecule has 2 aromatic carbocycles. The molecule has 0 bridgehead atoms. The van der Waals surface area contributed by atoms with Gasteiger partial charge >= 0.3 is 6.03 Å². The lowest BCUT2D eigenvalue weighted by Gasteiger charge is -2.27. The first-order valence-corrected chi connectivity index (χ1v) is 13.0. The SMILES string of the molecule is N#Cc1ccc2c(c1)c1c(n2C(=O)NCc2ccnc(Br)c2)CCN(C/C=C/c2cc(F)c(Cl)c(F)c2)C1. The molecule has 6 nitrogen and oxygen atoms in total. The van der Waals surface area contributed by atoms with Gasteiger partial charge in [-0.3, -0.25) is 9.47 Å². The van der Waals surface area contributed by atoms with Gasteiger partial charge < -0.3 is 5.32 Å². The van der Waals surface area contributed by atoms with Crippen molar-refractivity contribution >= 4 is 50.5 Å². The summed E-state index contributed by atoms with van der Waals surface area (Å²) < 4.78 is 29.9. The minimum atomic E-state index is -0.801. The molecule has 0 aliphatic carbocycles. The maximum Gasteiger partial charge on any atom is 0.326 e. The molecule has 1 aliphatic rings. The number of amides is 1. The van der Waals surface area contributed by atoms with Crippen LogP contribution in [-0.2, 0) is 19.5 Å². The van der Waals surface area contributed by atoms with Crippen LogP contribution in [0.25, 0.3) is 17.0 Å². The van der Waals surface area contributed by atoms with E-state index in [2.05, 4.69) is 37.2 Å². The summed E-state index contributed by atoms with van der Waals surface area (Å²) >= 11 is 8.91. The zero-order valence-corrected chi connectivity index (χ0v) is 22.4. The molecule has 38 heavy (non-hydrogen) atoms. The van der Waals surface area contributed by atoms with Crippen molar-refractivity contribution in [3.8, 4) is 6.07 Å². The Morgan fingerprint density at radius 3 is 2.74 bits per heavy atom. The molecule has 10 heteroatoms. The molecule has 1 N–H and O–H groups in total. The Morgan fingerprint density at radius 1 is 1.21 bits per heavy atom. The Morgan fingerprint density at radius 2 is 2.00 bits per heavy atom. The summed E-state index contributed by atoms with van der Waals surface area (Å²) in [5.74, 6) is -1.60. The van der Waals surface area contributed by atoms with Crippen LogP contribution in [0, 0.1) is 23.0 Å². The van der Waals surface area contributed by atoms with Crippen molar-refractivity contribution in [2.24, 2.45) is 0 Å². The molecule has 0 atom stereocenters. The van der Waals surface area contributed by atoms with Crippen molar-refractivity contribution < 1.29 is 13.6 Å². The highest BCUT2D eigenvalue weighted by molar-refractivity contribution is 9.10. The van der Waals surface area contributed by atoms with Crippen molar-refractivity contribution in [1.82, 2.24) is 19.8 Å². The topological polar surface area (TPSA) is 74.0 Å². The molecule has 0 fully saturated rings. The number of carbonyl (C=O) groups is 1. The average molecular weight is 597 g/mol. The lowest BCUT2D eigenvalue weighted by Crippen LogP contribution is -2.34. The van der Waals surface area contributed by atoms with Crippen LogP contribution >= 0.6 is 27.5 Å². The van der Waals surface area contributed by atoms with E-state index in [1.807, 2.05) is 30.3 Å². The molecule has 0 saturated heterocycles. The van der Waals surface area contributed by atoms with E-state index >= 15 is 0 Å². The predicted octanol–water partition coefficient (Wildman–Crippen LogP) is 6.43. The number of nitrogens with one attached hydrogen (secondary N) is 1. The van der Waals surface area contributed by atoms with Gasteiger partial charge in [-0.05, 0) is 75.1 Å². The Labute approximate surface area is 231 Å². The molecule has 0 radical (unpaired) electrons. The maximum absolute atomic E-state index is 13.8. The van der Waals surface area contributed by atoms with E-state index in [9.17, 15) is 18.8 Å². The smallest absolute Gasteiger partial charge is 0.326 e. The lowest BCUT2D eigenvalue weighted by atomic mass is 10.0. The van der Waals surface area contributed by atoms with Gasteiger partial charge in [0.25, 0.3) is 0 Å². The fraction of sp³-hybridized carbons (Fsp3) is 0.179. The fourth-order valence-corrected chi connectivity index (χ4v) is 5.21. The highest BCUT2D eigenvalue weighted by atomic mass is 79.9. The standard InChI is InChI=1S/C28H21BrClF2N5O/c29-26-13-19(5-7-34-26)15-35-28(38)37-24-4-3-18(14-33)10-20(24)21-16-36(9-6-25(21)37)8-1-2-17-11-22(31)27(30)23(32)12-17/h1-5,7,10-13H,6,8-9,15-16H2,(H,35,38)/b2-1+. The summed E-state index contributed by atoms with van der Waals surface area (Å²) in [4.78, 5) is 19.6. The lowest BCUT2D eigenvalue weighted by molar-refractivity contribution is 0.240. The maximum atomic E-state index is 13.8. The molecule has 0 saturated carbocycles. The number of nitrogens with zero attached hydrogens (tertiary/aromatic N) is 4. The van der Waals surface area contributed by atoms with Crippen LogP contribution in [0.4, 0.5) is 13.6 Å². The third-order valence-corrected chi connectivity index (χ3v) is 7.27. The van der Waals surface area contributed by atoms with Gasteiger partial charge in [0, 0.05) is 49.9 Å². The van der Waals surface area contributed by atoms with Crippen LogP contribution in [0.1, 0.15) is 27.9 Å². The van der Waals surface area contributed by atoms with Crippen molar-refractivity contribution in [1.29, 1.82) is 5.26 Å². The van der Waals surface area contributed by atoms with Gasteiger partial charge in [-0.15, -0.1) is 0 Å². The Balaban J connectivity index is 1.39. The molecule has 4 aromatic rings. The van der Waals surface area contributed by atoms with Crippen LogP contribution in [0.5, 0.6) is 0 Å². The van der Waals surface area contributed by atoms with Gasteiger partial charge in [-0.1, -0.05) is 23.8 Å². The fourth-order valence-electron chi connectivity index (χ4n) is 4.69. The molecule has 1 amide bonds. The van der Waals surface area contributed by atoms with Gasteiger partial charge in [0.2, 0.25) is 0 Å². The van der Waals surface area contributed by atoms with E-state index in [4.69, 9.17) is 11.6 Å². The van der Waals surface area contributed by atoms with Crippen LogP contribution < -0.4 is 5.32 Å². The molecule has 0 unspecified atom stereocenters. The van der Waals surface area contributed by atoms with Crippen LogP contribution in [0.3, 0.4) is 0 Å². The number of nitriles is 1. The number of aromatic nitrogens is 2. The van der Waals surface area contributed by atoms with E-state index in [0.29, 0.717) is 48.3 Å². The molecule has 3 heterocycles. The van der Waals surface area contributed by atoms with Crippen LogP contribution in [0.2, 0.25) is 5.02 Å². The Hall–Kier alpha value is -3.58. The Kier molecular flexibility index (Phi) is 7.56. The molecular formula is C28H21BrClF2N5O. The van der Waals surface area contributed by atoms with E-state index in [1.54, 1.807) is 22.9 Å². The number of rotatable bonds is 5. The minimum Gasteiger partial charge on any atom is -0.333 e. The summed E-state index contributed by atoms with van der Waals surface area (Å²) in [6, 6.07) is 13.3. The summed E-state index contributed by atoms with van der Waals surface area (Å²) in [7, 11) is 0. The van der Waals surface area contributed by atoms with Gasteiger partial charge in [-0.2, -0.15) is 5.26 Å². The number of pyridine rings is 1. The van der Waals surface area contributed by atoms with Crippen LogP contribution in [0.15, 0.2) is 59.3 Å². The molecule has 2 aromatic heterocycles. The molecule has 5 rings (SSSR count). The van der Waals surface area contributed by atoms with Gasteiger partial charge in [0.15, 0.2) is 0 Å². The van der Waals surface area contributed by atoms with Crippen LogP contribution in [-0.4, -0.2) is 33.6 Å². The molecule has 0 spiro atoms. The number of hydrogen-bond donors (Lipinski definition) is 1. The van der Waals surface area contributed by atoms with Gasteiger partial charge in [-0.25, -0.2) is 18.6 Å². The molecular weight excluding hydrogens is 576 g/mol. The summed E-state index contributed by atoms with van der Waals surface area (Å²) in [5.41, 5.74) is 4.45. The summed E-state index contributed by atoms with van der Waals surface area (Å²) in [5, 5.41) is 12.8. The van der Waals surface area contributed by atoms with Crippen molar-refractivity contribution in [2.75, 3.05) is 13.1 Å². The van der Waals surface area contributed by atoms with E-state index in [0.717, 1.165) is 27.7 Å². The number of hydrogen-bond acceptors (Lipinski definition) is 4. The largest absolute Gasteiger partial charge is 0.333 e. The first kappa shape index (κ1) is 26.0. The molecule has 192 valence electrons. The third-order valence-electron chi connectivity index (χ3n) is 6.47. The van der Waals surface area contributed by atoms with Gasteiger partial charge in [0.05, 0.1) is 17.1 Å². The summed E-state index contributed by atoms with van der Waals surface area (Å²) in [6.07, 6.45) is 5.79. The highest BCUT2D eigenvalue weighted by Crippen LogP contribution is 2.32. The van der Waals surface area contributed by atoms with Crippen molar-refractivity contribution in [3.05, 3.63) is 104 Å². The van der Waals surface area contributed by atoms with E-state index in [1.165, 1.54) is 12.1 Å². The van der Waals surface area contributed by atoms with Crippen molar-refractivity contribution in [2.45, 2.75) is 19.5 Å². The zero-order chi connectivity index (χ0) is 26.8. The van der Waals surface area contributed by atoms with E-state index < -0.39 is 16.7 Å². The minimum absolute atomic E-state index is 0.242. The monoisotopic (exact) mass is 595 g/mol. The number of fused-ring (bicyclic) bond motifs is 3. The normalized spacial score (nSPS) is 13.6. The quantitative estimate of drug-likeness (QED) is 0.213. The second kappa shape index (κ2) is 11.0. The second-order valence-electron chi connectivity index (χ2n) is 8.94. The number of benzene rings is 2. The third kappa shape index (κ3) is 5.34. The highest BCUT2D eigenvalue weighted by Gasteiger charge is 2.26. The Bertz CT molecular complexity index is 1600. The first-order valence-electron chi connectivity index (χ1n) is 11.8. The summed E-state index contributed by atoms with van der Waals surface area (Å²) in [6.45, 7) is 2.13. The number of carbonyl (C=O) groups excluding carboxylic acids is 1. The first-order chi connectivity index (χ1) is 18.3.